The van der Waals surface area contributed by atoms with E-state index in [2.05, 4.69) is 11.9 Å². The maximum Gasteiger partial charge on any atom is 0.241 e. The minimum Gasteiger partial charge on any atom is -0.298 e. The fourth-order valence-corrected chi connectivity index (χ4v) is 2.91. The van der Waals surface area contributed by atoms with Gasteiger partial charge in [-0.1, -0.05) is 19.4 Å². The zero-order valence-corrected chi connectivity index (χ0v) is 10.0. The van der Waals surface area contributed by atoms with Crippen molar-refractivity contribution in [2.45, 2.75) is 32.1 Å². The van der Waals surface area contributed by atoms with Crippen molar-refractivity contribution in [1.82, 2.24) is 5.32 Å². The second-order valence-electron chi connectivity index (χ2n) is 4.81. The minimum atomic E-state index is -1.47. The van der Waals surface area contributed by atoms with E-state index in [1.807, 2.05) is 0 Å². The average Bonchev–Trinajstić information content (AvgIpc) is 2.49. The molecule has 2 unspecified atom stereocenters. The average molecular weight is 249 g/mol. The van der Waals surface area contributed by atoms with Gasteiger partial charge in [0.2, 0.25) is 11.8 Å². The van der Waals surface area contributed by atoms with E-state index in [0.717, 1.165) is 12.5 Å². The van der Waals surface area contributed by atoms with Crippen LogP contribution in [0.1, 0.15) is 32.1 Å². The number of ketones is 2. The number of hydrogen-bond acceptors (Lipinski definition) is 4. The van der Waals surface area contributed by atoms with Crippen LogP contribution in [0.3, 0.4) is 0 Å². The monoisotopic (exact) mass is 249 g/mol. The van der Waals surface area contributed by atoms with Gasteiger partial charge in [0.1, 0.15) is 17.1 Å². The Hall–Kier alpha value is -1.78. The van der Waals surface area contributed by atoms with E-state index >= 15 is 0 Å². The molecule has 5 heteroatoms. The summed E-state index contributed by atoms with van der Waals surface area (Å²) in [5.41, 5.74) is -1.47. The van der Waals surface area contributed by atoms with Crippen molar-refractivity contribution in [1.29, 1.82) is 0 Å². The van der Waals surface area contributed by atoms with Crippen LogP contribution >= 0.6 is 0 Å². The Morgan fingerprint density at radius 1 is 1.28 bits per heavy atom. The van der Waals surface area contributed by atoms with E-state index in [1.54, 1.807) is 0 Å². The van der Waals surface area contributed by atoms with E-state index in [4.69, 9.17) is 0 Å². The number of amides is 2. The number of nitrogens with one attached hydrogen (secondary N) is 1. The highest BCUT2D eigenvalue weighted by Crippen LogP contribution is 2.43. The zero-order chi connectivity index (χ0) is 13.3. The van der Waals surface area contributed by atoms with Crippen LogP contribution in [-0.2, 0) is 19.2 Å². The number of rotatable bonds is 2. The maximum atomic E-state index is 12.2. The lowest BCUT2D eigenvalue weighted by Gasteiger charge is -2.26. The van der Waals surface area contributed by atoms with Crippen molar-refractivity contribution in [2.24, 2.45) is 11.3 Å². The van der Waals surface area contributed by atoms with Crippen LogP contribution in [0.4, 0.5) is 0 Å². The molecule has 96 valence electrons. The van der Waals surface area contributed by atoms with Crippen LogP contribution in [0, 0.1) is 11.3 Å². The van der Waals surface area contributed by atoms with Gasteiger partial charge >= 0.3 is 0 Å². The number of allylic oxidation sites excluding steroid dienone is 1. The van der Waals surface area contributed by atoms with Crippen molar-refractivity contribution >= 4 is 23.4 Å². The highest BCUT2D eigenvalue weighted by Gasteiger charge is 2.61. The lowest BCUT2D eigenvalue weighted by molar-refractivity contribution is -0.146. The van der Waals surface area contributed by atoms with Crippen LogP contribution in [0.15, 0.2) is 12.7 Å². The van der Waals surface area contributed by atoms with Crippen LogP contribution in [0.5, 0.6) is 0 Å². The van der Waals surface area contributed by atoms with Crippen molar-refractivity contribution < 1.29 is 19.2 Å². The van der Waals surface area contributed by atoms with Crippen LogP contribution in [0.2, 0.25) is 0 Å². The van der Waals surface area contributed by atoms with Gasteiger partial charge < -0.3 is 0 Å². The molecule has 0 bridgehead atoms. The third kappa shape index (κ3) is 1.62. The summed E-state index contributed by atoms with van der Waals surface area (Å²) in [5, 5.41) is 2.13. The second kappa shape index (κ2) is 4.48. The third-order valence-electron chi connectivity index (χ3n) is 3.86. The van der Waals surface area contributed by atoms with Gasteiger partial charge in [-0.3, -0.25) is 24.5 Å². The molecule has 1 spiro atoms. The first-order chi connectivity index (χ1) is 8.54. The van der Waals surface area contributed by atoms with Crippen molar-refractivity contribution in [3.05, 3.63) is 12.7 Å². The fourth-order valence-electron chi connectivity index (χ4n) is 2.91. The van der Waals surface area contributed by atoms with Crippen LogP contribution in [0.25, 0.3) is 0 Å². The Balaban J connectivity index is 2.51. The van der Waals surface area contributed by atoms with E-state index in [-0.39, 0.29) is 18.6 Å². The molecule has 1 saturated heterocycles. The summed E-state index contributed by atoms with van der Waals surface area (Å²) < 4.78 is 0. The molecule has 2 aliphatic rings. The third-order valence-corrected chi connectivity index (χ3v) is 3.86. The predicted octanol–water partition coefficient (Wildman–Crippen LogP) is 0.534. The summed E-state index contributed by atoms with van der Waals surface area (Å²) in [6.45, 7) is 3.34. The molecule has 5 nitrogen and oxygen atoms in total. The predicted molar refractivity (Wildman–Crippen MR) is 62.4 cm³/mol. The molecule has 0 aromatic heterocycles. The van der Waals surface area contributed by atoms with Gasteiger partial charge in [-0.25, -0.2) is 0 Å². The Morgan fingerprint density at radius 3 is 2.67 bits per heavy atom. The zero-order valence-electron chi connectivity index (χ0n) is 10.0. The van der Waals surface area contributed by atoms with Gasteiger partial charge in [-0.2, -0.15) is 0 Å². The first-order valence-electron chi connectivity index (χ1n) is 6.09. The lowest BCUT2D eigenvalue weighted by Crippen LogP contribution is -2.44. The number of carbonyl (C=O) groups excluding carboxylic acids is 4. The van der Waals surface area contributed by atoms with Crippen molar-refractivity contribution in [3.63, 3.8) is 0 Å². The van der Waals surface area contributed by atoms with Gasteiger partial charge in [0.05, 0.1) is 0 Å². The normalized spacial score (nSPS) is 32.2. The van der Waals surface area contributed by atoms with Gasteiger partial charge in [-0.05, 0) is 18.9 Å². The first kappa shape index (κ1) is 12.7. The molecule has 0 aromatic carbocycles. The second-order valence-corrected chi connectivity index (χ2v) is 4.81. The SMILES string of the molecule is C=CC(=O)C1C(=O)NC(=O)C12CCCCCC2=O. The summed E-state index contributed by atoms with van der Waals surface area (Å²) in [6, 6.07) is 0. The Morgan fingerprint density at radius 2 is 2.00 bits per heavy atom. The molecule has 2 atom stereocenters. The molecule has 1 saturated carbocycles. The van der Waals surface area contributed by atoms with Crippen molar-refractivity contribution in [3.8, 4) is 0 Å². The smallest absolute Gasteiger partial charge is 0.241 e. The summed E-state index contributed by atoms with van der Waals surface area (Å²) in [5.74, 6) is -3.33. The maximum absolute atomic E-state index is 12.2. The summed E-state index contributed by atoms with van der Waals surface area (Å²) >= 11 is 0. The topological polar surface area (TPSA) is 80.3 Å². The molecule has 18 heavy (non-hydrogen) atoms. The molecule has 2 rings (SSSR count). The lowest BCUT2D eigenvalue weighted by atomic mass is 9.69. The minimum absolute atomic E-state index is 0.252. The fraction of sp³-hybridized carbons (Fsp3) is 0.538. The Bertz CT molecular complexity index is 454. The van der Waals surface area contributed by atoms with E-state index < -0.39 is 28.9 Å². The van der Waals surface area contributed by atoms with Crippen LogP contribution in [-0.4, -0.2) is 23.4 Å². The van der Waals surface area contributed by atoms with E-state index in [0.29, 0.717) is 12.8 Å². The van der Waals surface area contributed by atoms with Gasteiger partial charge in [0.15, 0.2) is 5.78 Å². The van der Waals surface area contributed by atoms with E-state index in [1.165, 1.54) is 0 Å². The van der Waals surface area contributed by atoms with Crippen molar-refractivity contribution in [2.75, 3.05) is 0 Å². The molecule has 1 aliphatic carbocycles. The molecule has 1 N–H and O–H groups in total. The number of Topliss-reactive ketones (excluding diaryl/α,β-unsaturated/α-hetero) is 1. The molecule has 1 aliphatic heterocycles. The highest BCUT2D eigenvalue weighted by molar-refractivity contribution is 6.26. The summed E-state index contributed by atoms with van der Waals surface area (Å²) in [6.07, 6.45) is 3.76. The van der Waals surface area contributed by atoms with E-state index in [9.17, 15) is 19.2 Å². The first-order valence-corrected chi connectivity index (χ1v) is 6.09. The van der Waals surface area contributed by atoms with Gasteiger partial charge in [0, 0.05) is 6.42 Å². The molecular formula is C13H15NO4. The van der Waals surface area contributed by atoms with Gasteiger partial charge in [0.25, 0.3) is 0 Å². The summed E-state index contributed by atoms with van der Waals surface area (Å²) in [4.78, 5) is 47.8. The Kier molecular flexibility index (Phi) is 3.15. The Labute approximate surface area is 105 Å². The van der Waals surface area contributed by atoms with Gasteiger partial charge in [-0.15, -0.1) is 0 Å². The molecule has 2 fully saturated rings. The standard InChI is InChI=1S/C13H15NO4/c1-2-8(15)10-11(17)14-12(18)13(10)7-5-3-4-6-9(13)16/h2,10H,1,3-7H2,(H,14,17,18). The largest absolute Gasteiger partial charge is 0.298 e. The number of imide groups is 1. The molecular weight excluding hydrogens is 234 g/mol. The number of carbonyl (C=O) groups is 4. The molecule has 1 heterocycles. The summed E-state index contributed by atoms with van der Waals surface area (Å²) in [7, 11) is 0. The van der Waals surface area contributed by atoms with Crippen LogP contribution < -0.4 is 5.32 Å². The molecule has 0 radical (unpaired) electrons. The highest BCUT2D eigenvalue weighted by atomic mass is 16.2. The number of hydrogen-bond donors (Lipinski definition) is 1. The molecule has 0 aromatic rings. The molecule has 2 amide bonds. The quantitative estimate of drug-likeness (QED) is 0.440.